The second kappa shape index (κ2) is 6.37. The van der Waals surface area contributed by atoms with E-state index in [1.54, 1.807) is 10.9 Å². The molecule has 96 valence electrons. The average Bonchev–Trinajstić information content (AvgIpc) is 2.64. The normalized spacial score (nSPS) is 12.8. The Bertz CT molecular complexity index is 360. The Balaban J connectivity index is 2.32. The molecule has 1 rings (SSSR count). The number of carbonyl (C=O) groups excluding carboxylic acids is 1. The summed E-state index contributed by atoms with van der Waals surface area (Å²) in [7, 11) is 0. The first-order valence-electron chi connectivity index (χ1n) is 5.91. The molecule has 0 spiro atoms. The van der Waals surface area contributed by atoms with Crippen molar-refractivity contribution >= 4 is 5.91 Å². The fourth-order valence-electron chi connectivity index (χ4n) is 1.44. The molecule has 0 aromatic carbocycles. The number of halogens is 1. The molecule has 17 heavy (non-hydrogen) atoms. The van der Waals surface area contributed by atoms with E-state index in [4.69, 9.17) is 0 Å². The number of alkyl halides is 1. The highest BCUT2D eigenvalue weighted by Gasteiger charge is 2.06. The van der Waals surface area contributed by atoms with Crippen LogP contribution in [-0.2, 0) is 17.8 Å². The van der Waals surface area contributed by atoms with Crippen molar-refractivity contribution in [1.29, 1.82) is 0 Å². The smallest absolute Gasteiger partial charge is 0.222 e. The van der Waals surface area contributed by atoms with Gasteiger partial charge >= 0.3 is 0 Å². The van der Waals surface area contributed by atoms with Gasteiger partial charge in [0.1, 0.15) is 6.17 Å². The summed E-state index contributed by atoms with van der Waals surface area (Å²) in [5, 5.41) is 2.82. The minimum Gasteiger partial charge on any atom is -0.355 e. The third-order valence-corrected chi connectivity index (χ3v) is 2.35. The number of amides is 1. The zero-order valence-electron chi connectivity index (χ0n) is 10.6. The van der Waals surface area contributed by atoms with Gasteiger partial charge in [-0.15, -0.1) is 0 Å². The molecule has 1 aromatic heterocycles. The first-order valence-corrected chi connectivity index (χ1v) is 5.91. The van der Waals surface area contributed by atoms with E-state index >= 15 is 0 Å². The van der Waals surface area contributed by atoms with E-state index in [1.165, 1.54) is 6.92 Å². The van der Waals surface area contributed by atoms with Crippen LogP contribution in [0.3, 0.4) is 0 Å². The Labute approximate surface area is 101 Å². The van der Waals surface area contributed by atoms with Crippen molar-refractivity contribution in [2.45, 2.75) is 39.9 Å². The van der Waals surface area contributed by atoms with E-state index in [2.05, 4.69) is 10.3 Å². The number of hydrogen-bond donors (Lipinski definition) is 1. The molecular weight excluding hydrogens is 221 g/mol. The zero-order valence-corrected chi connectivity index (χ0v) is 10.6. The molecule has 0 bridgehead atoms. The molecule has 0 saturated heterocycles. The Morgan fingerprint density at radius 3 is 2.82 bits per heavy atom. The molecule has 0 radical (unpaired) electrons. The number of hydrogen-bond acceptors (Lipinski definition) is 2. The van der Waals surface area contributed by atoms with Crippen LogP contribution >= 0.6 is 0 Å². The van der Waals surface area contributed by atoms with E-state index < -0.39 is 6.17 Å². The average molecular weight is 241 g/mol. The summed E-state index contributed by atoms with van der Waals surface area (Å²) in [6.07, 6.45) is 3.23. The van der Waals surface area contributed by atoms with Gasteiger partial charge in [0.15, 0.2) is 0 Å². The van der Waals surface area contributed by atoms with Crippen molar-refractivity contribution in [2.75, 3.05) is 6.54 Å². The highest BCUT2D eigenvalue weighted by molar-refractivity contribution is 5.77. The summed E-state index contributed by atoms with van der Waals surface area (Å²) < 4.78 is 14.5. The van der Waals surface area contributed by atoms with Crippen LogP contribution < -0.4 is 5.32 Å². The monoisotopic (exact) mass is 241 g/mol. The van der Waals surface area contributed by atoms with Crippen molar-refractivity contribution in [3.8, 4) is 0 Å². The molecule has 0 aliphatic heterocycles. The fraction of sp³-hybridized carbons (Fsp3) is 0.667. The Kier molecular flexibility index (Phi) is 5.12. The zero-order chi connectivity index (χ0) is 12.8. The van der Waals surface area contributed by atoms with E-state index in [-0.39, 0.29) is 11.8 Å². The molecule has 0 aliphatic rings. The first-order chi connectivity index (χ1) is 7.99. The number of carbonyl (C=O) groups is 1. The van der Waals surface area contributed by atoms with E-state index in [0.717, 1.165) is 5.69 Å². The van der Waals surface area contributed by atoms with Gasteiger partial charge in [0.25, 0.3) is 0 Å². The number of nitrogens with one attached hydrogen (secondary N) is 1. The minimum absolute atomic E-state index is 0.0000512. The molecule has 4 nitrogen and oxygen atoms in total. The molecule has 1 atom stereocenters. The molecule has 1 unspecified atom stereocenters. The quantitative estimate of drug-likeness (QED) is 0.821. The topological polar surface area (TPSA) is 46.9 Å². The van der Waals surface area contributed by atoms with Gasteiger partial charge in [-0.2, -0.15) is 0 Å². The van der Waals surface area contributed by atoms with E-state index in [1.807, 2.05) is 20.0 Å². The Morgan fingerprint density at radius 2 is 2.24 bits per heavy atom. The Morgan fingerprint density at radius 1 is 1.53 bits per heavy atom. The lowest BCUT2D eigenvalue weighted by atomic mass is 10.2. The van der Waals surface area contributed by atoms with Crippen molar-refractivity contribution in [3.05, 3.63) is 18.2 Å². The van der Waals surface area contributed by atoms with Crippen LogP contribution in [0.25, 0.3) is 0 Å². The summed E-state index contributed by atoms with van der Waals surface area (Å²) in [5.74, 6) is 0.0433. The standard InChI is InChI=1S/C12H20FN3O/c1-9(2)12(17)14-5-4-11-7-16(8-15-11)6-10(3)13/h7-10H,4-6H2,1-3H3,(H,14,17). The number of nitrogens with zero attached hydrogens (tertiary/aromatic N) is 2. The Hall–Kier alpha value is -1.39. The summed E-state index contributed by atoms with van der Waals surface area (Å²) in [4.78, 5) is 15.5. The van der Waals surface area contributed by atoms with Crippen molar-refractivity contribution < 1.29 is 9.18 Å². The highest BCUT2D eigenvalue weighted by atomic mass is 19.1. The molecule has 0 fully saturated rings. The number of imidazole rings is 1. The van der Waals surface area contributed by atoms with Gasteiger partial charge in [-0.1, -0.05) is 13.8 Å². The maximum absolute atomic E-state index is 12.7. The largest absolute Gasteiger partial charge is 0.355 e. The van der Waals surface area contributed by atoms with Crippen LogP contribution in [0.15, 0.2) is 12.5 Å². The summed E-state index contributed by atoms with van der Waals surface area (Å²) in [5.41, 5.74) is 0.870. The predicted molar refractivity (Wildman–Crippen MR) is 64.3 cm³/mol. The molecule has 0 aliphatic carbocycles. The third kappa shape index (κ3) is 4.97. The highest BCUT2D eigenvalue weighted by Crippen LogP contribution is 2.00. The SMILES string of the molecule is CC(F)Cn1cnc(CCNC(=O)C(C)C)c1. The van der Waals surface area contributed by atoms with Gasteiger partial charge in [-0.3, -0.25) is 4.79 Å². The van der Waals surface area contributed by atoms with Crippen LogP contribution in [0.2, 0.25) is 0 Å². The molecule has 1 aromatic rings. The summed E-state index contributed by atoms with van der Waals surface area (Å²) >= 11 is 0. The minimum atomic E-state index is -0.877. The van der Waals surface area contributed by atoms with Gasteiger partial charge in [0, 0.05) is 25.1 Å². The fourth-order valence-corrected chi connectivity index (χ4v) is 1.44. The van der Waals surface area contributed by atoms with Crippen LogP contribution in [0.1, 0.15) is 26.5 Å². The van der Waals surface area contributed by atoms with Crippen LogP contribution in [0.4, 0.5) is 4.39 Å². The molecule has 1 N–H and O–H groups in total. The third-order valence-electron chi connectivity index (χ3n) is 2.35. The summed E-state index contributed by atoms with van der Waals surface area (Å²) in [6.45, 7) is 6.12. The van der Waals surface area contributed by atoms with Crippen molar-refractivity contribution in [2.24, 2.45) is 5.92 Å². The van der Waals surface area contributed by atoms with E-state index in [9.17, 15) is 9.18 Å². The van der Waals surface area contributed by atoms with Gasteiger partial charge < -0.3 is 9.88 Å². The lowest BCUT2D eigenvalue weighted by molar-refractivity contribution is -0.123. The summed E-state index contributed by atoms with van der Waals surface area (Å²) in [6, 6.07) is 0. The first kappa shape index (κ1) is 13.7. The number of rotatable bonds is 6. The van der Waals surface area contributed by atoms with Crippen LogP contribution in [0.5, 0.6) is 0 Å². The second-order valence-electron chi connectivity index (χ2n) is 4.54. The lowest BCUT2D eigenvalue weighted by Gasteiger charge is -2.06. The molecule has 5 heteroatoms. The van der Waals surface area contributed by atoms with Gasteiger partial charge in [-0.25, -0.2) is 9.37 Å². The maximum Gasteiger partial charge on any atom is 0.222 e. The van der Waals surface area contributed by atoms with Crippen LogP contribution in [-0.4, -0.2) is 28.2 Å². The van der Waals surface area contributed by atoms with Crippen molar-refractivity contribution in [1.82, 2.24) is 14.9 Å². The molecule has 1 heterocycles. The van der Waals surface area contributed by atoms with Gasteiger partial charge in [0.05, 0.1) is 18.6 Å². The van der Waals surface area contributed by atoms with E-state index in [0.29, 0.717) is 19.5 Å². The lowest BCUT2D eigenvalue weighted by Crippen LogP contribution is -2.29. The second-order valence-corrected chi connectivity index (χ2v) is 4.54. The van der Waals surface area contributed by atoms with Crippen molar-refractivity contribution in [3.63, 3.8) is 0 Å². The van der Waals surface area contributed by atoms with Crippen LogP contribution in [0, 0.1) is 5.92 Å². The van der Waals surface area contributed by atoms with Gasteiger partial charge in [0.2, 0.25) is 5.91 Å². The number of aromatic nitrogens is 2. The van der Waals surface area contributed by atoms with Gasteiger partial charge in [-0.05, 0) is 6.92 Å². The molecule has 1 amide bonds. The predicted octanol–water partition coefficient (Wildman–Crippen LogP) is 1.56. The molecular formula is C12H20FN3O. The molecule has 0 saturated carbocycles. The maximum atomic E-state index is 12.7.